The number of aliphatic hydroxyl groups excluding tert-OH is 1. The van der Waals surface area contributed by atoms with Crippen LogP contribution < -0.4 is 10.2 Å². The monoisotopic (exact) mass is 314 g/mol. The van der Waals surface area contributed by atoms with Crippen molar-refractivity contribution < 1.29 is 5.11 Å². The second-order valence-corrected chi connectivity index (χ2v) is 6.39. The van der Waals surface area contributed by atoms with Gasteiger partial charge in [0.05, 0.1) is 12.3 Å². The number of nitrogens with one attached hydrogen (secondary N) is 1. The number of hydrogen-bond acceptors (Lipinski definition) is 3. The molecule has 102 valence electrons. The summed E-state index contributed by atoms with van der Waals surface area (Å²) in [6.45, 7) is 8.13. The Hall–Kier alpha value is -0.580. The molecule has 3 nitrogen and oxygen atoms in total. The lowest BCUT2D eigenvalue weighted by molar-refractivity contribution is 0.304. The fourth-order valence-corrected chi connectivity index (χ4v) is 2.34. The number of hydrogen-bond donors (Lipinski definition) is 2. The second kappa shape index (κ2) is 6.55. The molecule has 1 rings (SSSR count). The van der Waals surface area contributed by atoms with E-state index < -0.39 is 0 Å². The molecular weight excluding hydrogens is 292 g/mol. The average Bonchev–Trinajstić information content (AvgIpc) is 2.25. The van der Waals surface area contributed by atoms with E-state index in [2.05, 4.69) is 60.2 Å². The number of halogens is 1. The molecule has 0 aliphatic carbocycles. The predicted octanol–water partition coefficient (Wildman–Crippen LogP) is 2.77. The SMILES string of the molecule is CN(CCO)c1ccc(CNC(C)(C)C)cc1Br. The standard InChI is InChI=1S/C14H23BrN2O/c1-14(2,3)16-10-11-5-6-13(12(15)9-11)17(4)7-8-18/h5-6,9,16,18H,7-8,10H2,1-4H3. The van der Waals surface area contributed by atoms with E-state index in [4.69, 9.17) is 5.11 Å². The molecule has 0 atom stereocenters. The first-order valence-electron chi connectivity index (χ1n) is 6.19. The highest BCUT2D eigenvalue weighted by atomic mass is 79.9. The number of rotatable bonds is 5. The number of benzene rings is 1. The summed E-state index contributed by atoms with van der Waals surface area (Å²) in [6.07, 6.45) is 0. The average molecular weight is 315 g/mol. The van der Waals surface area contributed by atoms with E-state index in [1.54, 1.807) is 0 Å². The Morgan fingerprint density at radius 1 is 1.33 bits per heavy atom. The third kappa shape index (κ3) is 4.96. The lowest BCUT2D eigenvalue weighted by atomic mass is 10.1. The Kier molecular flexibility index (Phi) is 5.63. The molecule has 1 aromatic rings. The number of likely N-dealkylation sites (N-methyl/N-ethyl adjacent to an activating group) is 1. The van der Waals surface area contributed by atoms with Crippen LogP contribution in [0.15, 0.2) is 22.7 Å². The van der Waals surface area contributed by atoms with E-state index >= 15 is 0 Å². The van der Waals surface area contributed by atoms with Crippen molar-refractivity contribution in [2.24, 2.45) is 0 Å². The first kappa shape index (κ1) is 15.5. The van der Waals surface area contributed by atoms with Gasteiger partial charge in [0.1, 0.15) is 0 Å². The van der Waals surface area contributed by atoms with Gasteiger partial charge in [-0.15, -0.1) is 0 Å². The van der Waals surface area contributed by atoms with Gasteiger partial charge in [-0.1, -0.05) is 6.07 Å². The van der Waals surface area contributed by atoms with Crippen molar-refractivity contribution >= 4 is 21.6 Å². The van der Waals surface area contributed by atoms with Gasteiger partial charge < -0.3 is 15.3 Å². The Morgan fingerprint density at radius 3 is 2.50 bits per heavy atom. The molecule has 0 saturated heterocycles. The van der Waals surface area contributed by atoms with E-state index in [9.17, 15) is 0 Å². The highest BCUT2D eigenvalue weighted by Gasteiger charge is 2.10. The maximum atomic E-state index is 8.95. The molecule has 18 heavy (non-hydrogen) atoms. The van der Waals surface area contributed by atoms with Gasteiger partial charge in [0.25, 0.3) is 0 Å². The van der Waals surface area contributed by atoms with Gasteiger partial charge in [-0.2, -0.15) is 0 Å². The zero-order valence-corrected chi connectivity index (χ0v) is 13.2. The largest absolute Gasteiger partial charge is 0.395 e. The van der Waals surface area contributed by atoms with Crippen LogP contribution in [-0.4, -0.2) is 30.8 Å². The van der Waals surface area contributed by atoms with Gasteiger partial charge in [0.15, 0.2) is 0 Å². The maximum absolute atomic E-state index is 8.95. The molecule has 0 unspecified atom stereocenters. The summed E-state index contributed by atoms with van der Waals surface area (Å²) in [4.78, 5) is 2.03. The van der Waals surface area contributed by atoms with Gasteiger partial charge in [-0.25, -0.2) is 0 Å². The van der Waals surface area contributed by atoms with Crippen molar-refractivity contribution in [3.05, 3.63) is 28.2 Å². The van der Waals surface area contributed by atoms with Crippen LogP contribution in [0.1, 0.15) is 26.3 Å². The smallest absolute Gasteiger partial charge is 0.0606 e. The van der Waals surface area contributed by atoms with Crippen LogP contribution in [0.3, 0.4) is 0 Å². The third-order valence-corrected chi connectivity index (χ3v) is 3.32. The Bertz CT molecular complexity index is 388. The second-order valence-electron chi connectivity index (χ2n) is 5.53. The normalized spacial score (nSPS) is 11.7. The first-order chi connectivity index (χ1) is 8.33. The fourth-order valence-electron chi connectivity index (χ4n) is 1.61. The molecule has 0 aliphatic rings. The summed E-state index contributed by atoms with van der Waals surface area (Å²) in [5.41, 5.74) is 2.47. The topological polar surface area (TPSA) is 35.5 Å². The third-order valence-electron chi connectivity index (χ3n) is 2.68. The zero-order valence-electron chi connectivity index (χ0n) is 11.6. The molecular formula is C14H23BrN2O. The predicted molar refractivity (Wildman–Crippen MR) is 81.1 cm³/mol. The van der Waals surface area contributed by atoms with Crippen LogP contribution in [0.25, 0.3) is 0 Å². The quantitative estimate of drug-likeness (QED) is 0.877. The molecule has 0 saturated carbocycles. The van der Waals surface area contributed by atoms with Gasteiger partial charge in [0.2, 0.25) is 0 Å². The summed E-state index contributed by atoms with van der Waals surface area (Å²) in [5.74, 6) is 0. The molecule has 4 heteroatoms. The molecule has 0 radical (unpaired) electrons. The highest BCUT2D eigenvalue weighted by Crippen LogP contribution is 2.26. The Labute approximate surface area is 118 Å². The number of aliphatic hydroxyl groups is 1. The minimum Gasteiger partial charge on any atom is -0.395 e. The van der Waals surface area contributed by atoms with Gasteiger partial charge in [-0.05, 0) is 54.4 Å². The lowest BCUT2D eigenvalue weighted by Gasteiger charge is -2.22. The summed E-state index contributed by atoms with van der Waals surface area (Å²) >= 11 is 3.59. The number of anilines is 1. The van der Waals surface area contributed by atoms with Gasteiger partial charge in [-0.3, -0.25) is 0 Å². The Balaban J connectivity index is 2.73. The lowest BCUT2D eigenvalue weighted by Crippen LogP contribution is -2.35. The summed E-state index contributed by atoms with van der Waals surface area (Å²) in [6, 6.07) is 6.33. The van der Waals surface area contributed by atoms with E-state index in [1.165, 1.54) is 5.56 Å². The van der Waals surface area contributed by atoms with Crippen LogP contribution in [0.5, 0.6) is 0 Å². The minimum atomic E-state index is 0.124. The van der Waals surface area contributed by atoms with Crippen LogP contribution >= 0.6 is 15.9 Å². The van der Waals surface area contributed by atoms with Crippen LogP contribution in [-0.2, 0) is 6.54 Å². The fraction of sp³-hybridized carbons (Fsp3) is 0.571. The van der Waals surface area contributed by atoms with E-state index in [1.807, 2.05) is 11.9 Å². The molecule has 0 aromatic heterocycles. The molecule has 0 fully saturated rings. The number of nitrogens with zero attached hydrogens (tertiary/aromatic N) is 1. The van der Waals surface area contributed by atoms with Gasteiger partial charge >= 0.3 is 0 Å². The molecule has 0 heterocycles. The van der Waals surface area contributed by atoms with Crippen LogP contribution in [0, 0.1) is 0 Å². The Morgan fingerprint density at radius 2 is 2.00 bits per heavy atom. The van der Waals surface area contributed by atoms with Crippen LogP contribution in [0.4, 0.5) is 5.69 Å². The van der Waals surface area contributed by atoms with Crippen molar-refractivity contribution in [2.75, 3.05) is 25.1 Å². The maximum Gasteiger partial charge on any atom is 0.0606 e. The first-order valence-corrected chi connectivity index (χ1v) is 6.98. The zero-order chi connectivity index (χ0) is 13.8. The van der Waals surface area contributed by atoms with Crippen molar-refractivity contribution in [1.82, 2.24) is 5.32 Å². The molecule has 0 amide bonds. The minimum absolute atomic E-state index is 0.124. The molecule has 1 aromatic carbocycles. The van der Waals surface area contributed by atoms with E-state index in [0.717, 1.165) is 16.7 Å². The van der Waals surface area contributed by atoms with E-state index in [-0.39, 0.29) is 12.1 Å². The highest BCUT2D eigenvalue weighted by molar-refractivity contribution is 9.10. The summed E-state index contributed by atoms with van der Waals surface area (Å²) < 4.78 is 1.06. The van der Waals surface area contributed by atoms with Crippen molar-refractivity contribution in [3.8, 4) is 0 Å². The molecule has 0 aliphatic heterocycles. The van der Waals surface area contributed by atoms with Crippen molar-refractivity contribution in [3.63, 3.8) is 0 Å². The summed E-state index contributed by atoms with van der Waals surface area (Å²) in [7, 11) is 1.98. The van der Waals surface area contributed by atoms with Crippen molar-refractivity contribution in [2.45, 2.75) is 32.9 Å². The molecule has 0 bridgehead atoms. The van der Waals surface area contributed by atoms with E-state index in [0.29, 0.717) is 6.54 Å². The van der Waals surface area contributed by atoms with Crippen molar-refractivity contribution in [1.29, 1.82) is 0 Å². The molecule has 0 spiro atoms. The van der Waals surface area contributed by atoms with Crippen LogP contribution in [0.2, 0.25) is 0 Å². The molecule has 2 N–H and O–H groups in total. The van der Waals surface area contributed by atoms with Gasteiger partial charge in [0, 0.05) is 30.1 Å². The summed E-state index contributed by atoms with van der Waals surface area (Å²) in [5, 5.41) is 12.4.